The lowest BCUT2D eigenvalue weighted by molar-refractivity contribution is 0.518. The molecule has 0 bridgehead atoms. The minimum atomic E-state index is 0.524. The van der Waals surface area contributed by atoms with Gasteiger partial charge in [-0.25, -0.2) is 0 Å². The van der Waals surface area contributed by atoms with E-state index in [0.717, 1.165) is 13.0 Å². The molecule has 0 amide bonds. The summed E-state index contributed by atoms with van der Waals surface area (Å²) >= 11 is 0. The van der Waals surface area contributed by atoms with Crippen molar-refractivity contribution in [3.63, 3.8) is 0 Å². The fraction of sp³-hybridized carbons (Fsp3) is 0.538. The van der Waals surface area contributed by atoms with E-state index >= 15 is 0 Å². The molecule has 1 heteroatoms. The Hall–Kier alpha value is -0.820. The number of aryl methyl sites for hydroxylation is 1. The van der Waals surface area contributed by atoms with Crippen LogP contribution in [0.3, 0.4) is 0 Å². The lowest BCUT2D eigenvalue weighted by Crippen LogP contribution is -2.21. The summed E-state index contributed by atoms with van der Waals surface area (Å²) in [5, 5.41) is 3.55. The third-order valence-electron chi connectivity index (χ3n) is 2.53. The quantitative estimate of drug-likeness (QED) is 0.751. The highest BCUT2D eigenvalue weighted by atomic mass is 14.9. The smallest absolute Gasteiger partial charge is 0.0317 e. The van der Waals surface area contributed by atoms with Crippen molar-refractivity contribution in [3.8, 4) is 0 Å². The van der Waals surface area contributed by atoms with E-state index in [0.29, 0.717) is 6.04 Å². The first-order valence-electron chi connectivity index (χ1n) is 5.57. The van der Waals surface area contributed by atoms with Crippen molar-refractivity contribution in [2.24, 2.45) is 0 Å². The molecule has 0 heterocycles. The van der Waals surface area contributed by atoms with Crippen molar-refractivity contribution < 1.29 is 0 Å². The van der Waals surface area contributed by atoms with Gasteiger partial charge in [0.2, 0.25) is 0 Å². The van der Waals surface area contributed by atoms with Gasteiger partial charge in [0.1, 0.15) is 0 Å². The molecule has 0 aromatic heterocycles. The van der Waals surface area contributed by atoms with E-state index in [9.17, 15) is 0 Å². The second-order valence-corrected chi connectivity index (χ2v) is 3.83. The topological polar surface area (TPSA) is 12.0 Å². The predicted molar refractivity (Wildman–Crippen MR) is 62.5 cm³/mol. The first-order chi connectivity index (χ1) is 6.77. The summed E-state index contributed by atoms with van der Waals surface area (Å²) < 4.78 is 0. The molecule has 0 unspecified atom stereocenters. The number of benzene rings is 1. The van der Waals surface area contributed by atoms with Gasteiger partial charge in [-0.3, -0.25) is 0 Å². The monoisotopic (exact) mass is 191 g/mol. The Balaban J connectivity index is 2.64. The Morgan fingerprint density at radius 2 is 1.79 bits per heavy atom. The first-order valence-corrected chi connectivity index (χ1v) is 5.57. The second-order valence-electron chi connectivity index (χ2n) is 3.83. The number of nitrogens with one attached hydrogen (secondary N) is 1. The average molecular weight is 191 g/mol. The SMILES string of the molecule is CCCN[C@H](CC)c1ccc(C)cc1. The zero-order valence-corrected chi connectivity index (χ0v) is 9.51. The summed E-state index contributed by atoms with van der Waals surface area (Å²) in [7, 11) is 0. The van der Waals surface area contributed by atoms with Gasteiger partial charge in [-0.05, 0) is 31.9 Å². The highest BCUT2D eigenvalue weighted by Crippen LogP contribution is 2.16. The van der Waals surface area contributed by atoms with Crippen molar-refractivity contribution >= 4 is 0 Å². The maximum Gasteiger partial charge on any atom is 0.0317 e. The number of hydrogen-bond acceptors (Lipinski definition) is 1. The molecule has 0 aliphatic carbocycles. The van der Waals surface area contributed by atoms with Crippen LogP contribution in [-0.2, 0) is 0 Å². The molecule has 0 aliphatic rings. The molecule has 1 rings (SSSR count). The van der Waals surface area contributed by atoms with Crippen LogP contribution in [-0.4, -0.2) is 6.54 Å². The van der Waals surface area contributed by atoms with Crippen LogP contribution in [0.2, 0.25) is 0 Å². The third kappa shape index (κ3) is 3.15. The van der Waals surface area contributed by atoms with Crippen LogP contribution in [0.5, 0.6) is 0 Å². The van der Waals surface area contributed by atoms with Crippen LogP contribution < -0.4 is 5.32 Å². The molecule has 1 nitrogen and oxygen atoms in total. The van der Waals surface area contributed by atoms with E-state index in [2.05, 4.69) is 50.4 Å². The molecule has 1 aromatic carbocycles. The van der Waals surface area contributed by atoms with E-state index in [4.69, 9.17) is 0 Å². The van der Waals surface area contributed by atoms with Crippen LogP contribution in [0.15, 0.2) is 24.3 Å². The van der Waals surface area contributed by atoms with Gasteiger partial charge < -0.3 is 5.32 Å². The van der Waals surface area contributed by atoms with Crippen molar-refractivity contribution in [3.05, 3.63) is 35.4 Å². The molecule has 78 valence electrons. The zero-order valence-electron chi connectivity index (χ0n) is 9.51. The van der Waals surface area contributed by atoms with Gasteiger partial charge in [0.05, 0.1) is 0 Å². The van der Waals surface area contributed by atoms with Crippen LogP contribution in [0, 0.1) is 6.92 Å². The molecule has 0 saturated heterocycles. The normalized spacial score (nSPS) is 12.8. The summed E-state index contributed by atoms with van der Waals surface area (Å²) in [4.78, 5) is 0. The molecule has 0 aliphatic heterocycles. The van der Waals surface area contributed by atoms with Crippen LogP contribution >= 0.6 is 0 Å². The number of hydrogen-bond donors (Lipinski definition) is 1. The zero-order chi connectivity index (χ0) is 10.4. The molecule has 14 heavy (non-hydrogen) atoms. The highest BCUT2D eigenvalue weighted by Gasteiger charge is 2.06. The summed E-state index contributed by atoms with van der Waals surface area (Å²) in [6.07, 6.45) is 2.35. The summed E-state index contributed by atoms with van der Waals surface area (Å²) in [5.74, 6) is 0. The molecule has 1 atom stereocenters. The van der Waals surface area contributed by atoms with Gasteiger partial charge >= 0.3 is 0 Å². The fourth-order valence-electron chi connectivity index (χ4n) is 1.62. The number of rotatable bonds is 5. The lowest BCUT2D eigenvalue weighted by atomic mass is 10.0. The Morgan fingerprint density at radius 1 is 1.14 bits per heavy atom. The van der Waals surface area contributed by atoms with E-state index < -0.39 is 0 Å². The molecule has 1 N–H and O–H groups in total. The second kappa shape index (κ2) is 5.82. The fourth-order valence-corrected chi connectivity index (χ4v) is 1.62. The summed E-state index contributed by atoms with van der Waals surface area (Å²) in [6.45, 7) is 7.67. The minimum absolute atomic E-state index is 0.524. The standard InChI is InChI=1S/C13H21N/c1-4-10-14-13(5-2)12-8-6-11(3)7-9-12/h6-9,13-14H,4-5,10H2,1-3H3/t13-/m1/s1. The van der Waals surface area contributed by atoms with Crippen LogP contribution in [0.25, 0.3) is 0 Å². The summed E-state index contributed by atoms with van der Waals surface area (Å²) in [5.41, 5.74) is 2.74. The van der Waals surface area contributed by atoms with Gasteiger partial charge in [-0.2, -0.15) is 0 Å². The van der Waals surface area contributed by atoms with Crippen LogP contribution in [0.1, 0.15) is 43.9 Å². The van der Waals surface area contributed by atoms with Gasteiger partial charge in [-0.1, -0.05) is 43.7 Å². The van der Waals surface area contributed by atoms with Crippen LogP contribution in [0.4, 0.5) is 0 Å². The molecule has 0 saturated carbocycles. The van der Waals surface area contributed by atoms with Gasteiger partial charge in [0.15, 0.2) is 0 Å². The van der Waals surface area contributed by atoms with Gasteiger partial charge in [0, 0.05) is 6.04 Å². The van der Waals surface area contributed by atoms with Gasteiger partial charge in [0.25, 0.3) is 0 Å². The largest absolute Gasteiger partial charge is 0.310 e. The Morgan fingerprint density at radius 3 is 2.29 bits per heavy atom. The molecule has 0 radical (unpaired) electrons. The lowest BCUT2D eigenvalue weighted by Gasteiger charge is -2.17. The third-order valence-corrected chi connectivity index (χ3v) is 2.53. The molecular formula is C13H21N. The Kier molecular flexibility index (Phi) is 4.68. The average Bonchev–Trinajstić information content (AvgIpc) is 2.21. The van der Waals surface area contributed by atoms with Crippen molar-refractivity contribution in [2.45, 2.75) is 39.7 Å². The van der Waals surface area contributed by atoms with Gasteiger partial charge in [-0.15, -0.1) is 0 Å². The molecule has 0 fully saturated rings. The minimum Gasteiger partial charge on any atom is -0.310 e. The molecular weight excluding hydrogens is 170 g/mol. The van der Waals surface area contributed by atoms with Crippen molar-refractivity contribution in [1.82, 2.24) is 5.32 Å². The van der Waals surface area contributed by atoms with E-state index in [-0.39, 0.29) is 0 Å². The Bertz CT molecular complexity index is 250. The molecule has 1 aromatic rings. The maximum absolute atomic E-state index is 3.55. The molecule has 0 spiro atoms. The van der Waals surface area contributed by atoms with E-state index in [1.807, 2.05) is 0 Å². The highest BCUT2D eigenvalue weighted by molar-refractivity contribution is 5.23. The van der Waals surface area contributed by atoms with Crippen molar-refractivity contribution in [1.29, 1.82) is 0 Å². The maximum atomic E-state index is 3.55. The van der Waals surface area contributed by atoms with E-state index in [1.165, 1.54) is 17.5 Å². The Labute approximate surface area is 87.5 Å². The summed E-state index contributed by atoms with van der Waals surface area (Å²) in [6, 6.07) is 9.35. The first kappa shape index (κ1) is 11.3. The predicted octanol–water partition coefficient (Wildman–Crippen LogP) is 3.45. The van der Waals surface area contributed by atoms with E-state index in [1.54, 1.807) is 0 Å². The van der Waals surface area contributed by atoms with Crippen molar-refractivity contribution in [2.75, 3.05) is 6.54 Å².